The lowest BCUT2D eigenvalue weighted by Gasteiger charge is -2.27. The van der Waals surface area contributed by atoms with Crippen molar-refractivity contribution in [3.8, 4) is 5.75 Å². The van der Waals surface area contributed by atoms with Crippen molar-refractivity contribution in [2.45, 2.75) is 19.6 Å². The second-order valence-corrected chi connectivity index (χ2v) is 7.98. The highest BCUT2D eigenvalue weighted by Crippen LogP contribution is 2.25. The number of aliphatic carboxylic acids is 1. The van der Waals surface area contributed by atoms with Crippen LogP contribution in [0.25, 0.3) is 0 Å². The van der Waals surface area contributed by atoms with Crippen molar-refractivity contribution in [2.24, 2.45) is 0 Å². The Morgan fingerprint density at radius 3 is 2.50 bits per heavy atom. The Bertz CT molecular complexity index is 745. The van der Waals surface area contributed by atoms with Gasteiger partial charge in [0.25, 0.3) is 0 Å². The molecule has 4 nitrogen and oxygen atoms in total. The van der Waals surface area contributed by atoms with Gasteiger partial charge in [0.2, 0.25) is 0 Å². The van der Waals surface area contributed by atoms with Crippen molar-refractivity contribution in [1.82, 2.24) is 4.90 Å². The maximum atomic E-state index is 11.0. The van der Waals surface area contributed by atoms with E-state index in [4.69, 9.17) is 21.4 Å². The molecule has 0 spiro atoms. The van der Waals surface area contributed by atoms with E-state index < -0.39 is 5.97 Å². The molecular weight excluding hydrogens is 370 g/mol. The molecule has 0 saturated carbocycles. The Morgan fingerprint density at radius 1 is 1.12 bits per heavy atom. The quantitative estimate of drug-likeness (QED) is 0.770. The van der Waals surface area contributed by atoms with Crippen LogP contribution in [0.1, 0.15) is 16.7 Å². The van der Waals surface area contributed by atoms with E-state index in [1.54, 1.807) is 0 Å². The Kier molecular flexibility index (Phi) is 6.83. The van der Waals surface area contributed by atoms with Gasteiger partial charge in [0.1, 0.15) is 12.4 Å². The minimum atomic E-state index is -0.819. The number of carbonyl (C=O) groups is 1. The number of benzene rings is 2. The van der Waals surface area contributed by atoms with Crippen LogP contribution < -0.4 is 4.74 Å². The number of carboxylic acid groups (broad SMARTS) is 1. The molecular formula is C20H22ClNO3S. The molecule has 138 valence electrons. The van der Waals surface area contributed by atoms with Crippen molar-refractivity contribution in [2.75, 3.05) is 24.6 Å². The predicted molar refractivity (Wildman–Crippen MR) is 106 cm³/mol. The molecule has 0 radical (unpaired) electrons. The van der Waals surface area contributed by atoms with E-state index in [9.17, 15) is 4.79 Å². The first-order valence-corrected chi connectivity index (χ1v) is 10.1. The van der Waals surface area contributed by atoms with Gasteiger partial charge in [0.15, 0.2) is 0 Å². The summed E-state index contributed by atoms with van der Waals surface area (Å²) in [5.74, 6) is 2.26. The molecule has 0 unspecified atom stereocenters. The molecule has 0 atom stereocenters. The summed E-state index contributed by atoms with van der Waals surface area (Å²) in [6, 6.07) is 13.3. The maximum Gasteiger partial charge on any atom is 0.307 e. The highest BCUT2D eigenvalue weighted by molar-refractivity contribution is 7.99. The minimum Gasteiger partial charge on any atom is -0.489 e. The predicted octanol–water partition coefficient (Wildman–Crippen LogP) is 4.09. The molecule has 1 heterocycles. The number of nitrogens with zero attached hydrogens (tertiary/aromatic N) is 1. The summed E-state index contributed by atoms with van der Waals surface area (Å²) in [6.45, 7) is 3.33. The summed E-state index contributed by atoms with van der Waals surface area (Å²) in [6.07, 6.45) is 0.0281. The normalized spacial score (nSPS) is 15.0. The van der Waals surface area contributed by atoms with Crippen LogP contribution in [-0.2, 0) is 24.4 Å². The highest BCUT2D eigenvalue weighted by Gasteiger charge is 2.15. The monoisotopic (exact) mass is 391 g/mol. The molecule has 26 heavy (non-hydrogen) atoms. The van der Waals surface area contributed by atoms with Gasteiger partial charge < -0.3 is 9.84 Å². The van der Waals surface area contributed by atoms with Gasteiger partial charge in [0, 0.05) is 41.7 Å². The van der Waals surface area contributed by atoms with Gasteiger partial charge in [-0.2, -0.15) is 11.8 Å². The van der Waals surface area contributed by atoms with Crippen LogP contribution in [0.4, 0.5) is 0 Å². The average Bonchev–Trinajstić information content (AvgIpc) is 2.63. The van der Waals surface area contributed by atoms with Gasteiger partial charge in [-0.15, -0.1) is 0 Å². The molecule has 3 rings (SSSR count). The molecule has 2 aromatic carbocycles. The average molecular weight is 392 g/mol. The number of halogens is 1. The van der Waals surface area contributed by atoms with Crippen LogP contribution in [0.2, 0.25) is 5.02 Å². The zero-order valence-electron chi connectivity index (χ0n) is 14.5. The van der Waals surface area contributed by atoms with Crippen LogP contribution in [0.5, 0.6) is 5.75 Å². The van der Waals surface area contributed by atoms with Crippen molar-refractivity contribution in [3.63, 3.8) is 0 Å². The van der Waals surface area contributed by atoms with E-state index in [2.05, 4.69) is 4.90 Å². The summed E-state index contributed by atoms with van der Waals surface area (Å²) in [5.41, 5.74) is 2.90. The van der Waals surface area contributed by atoms with E-state index in [0.29, 0.717) is 11.6 Å². The van der Waals surface area contributed by atoms with Crippen molar-refractivity contribution < 1.29 is 14.6 Å². The van der Waals surface area contributed by atoms with Crippen LogP contribution >= 0.6 is 23.4 Å². The molecule has 0 bridgehead atoms. The van der Waals surface area contributed by atoms with Crippen molar-refractivity contribution in [1.29, 1.82) is 0 Å². The fraction of sp³-hybridized carbons (Fsp3) is 0.350. The first-order valence-electron chi connectivity index (χ1n) is 8.61. The van der Waals surface area contributed by atoms with Gasteiger partial charge in [-0.25, -0.2) is 0 Å². The van der Waals surface area contributed by atoms with E-state index in [1.165, 1.54) is 0 Å². The lowest BCUT2D eigenvalue weighted by Crippen LogP contribution is -2.32. The SMILES string of the molecule is O=C(O)Cc1ccc(OCc2ccc(Cl)cc2)c(CN2CCSCC2)c1. The number of ether oxygens (including phenoxy) is 1. The van der Waals surface area contributed by atoms with Crippen LogP contribution in [-0.4, -0.2) is 40.6 Å². The first kappa shape index (κ1) is 19.1. The summed E-state index contributed by atoms with van der Waals surface area (Å²) in [5, 5.41) is 9.77. The molecule has 1 aliphatic rings. The summed E-state index contributed by atoms with van der Waals surface area (Å²) in [4.78, 5) is 13.4. The lowest BCUT2D eigenvalue weighted by atomic mass is 10.1. The van der Waals surface area contributed by atoms with Gasteiger partial charge in [-0.3, -0.25) is 9.69 Å². The van der Waals surface area contributed by atoms with Crippen LogP contribution in [0.15, 0.2) is 42.5 Å². The number of thioether (sulfide) groups is 1. The van der Waals surface area contributed by atoms with Crippen molar-refractivity contribution in [3.05, 3.63) is 64.2 Å². The summed E-state index contributed by atoms with van der Waals surface area (Å²) in [7, 11) is 0. The second kappa shape index (κ2) is 9.31. The minimum absolute atomic E-state index is 0.0281. The molecule has 1 aliphatic heterocycles. The third-order valence-corrected chi connectivity index (χ3v) is 5.48. The van der Waals surface area contributed by atoms with E-state index in [0.717, 1.165) is 53.6 Å². The molecule has 6 heteroatoms. The largest absolute Gasteiger partial charge is 0.489 e. The first-order chi connectivity index (χ1) is 12.6. The fourth-order valence-electron chi connectivity index (χ4n) is 2.92. The summed E-state index contributed by atoms with van der Waals surface area (Å²) >= 11 is 7.90. The van der Waals surface area contributed by atoms with Crippen LogP contribution in [0.3, 0.4) is 0 Å². The molecule has 0 amide bonds. The zero-order valence-corrected chi connectivity index (χ0v) is 16.1. The summed E-state index contributed by atoms with van der Waals surface area (Å²) < 4.78 is 6.04. The Hall–Kier alpha value is -1.69. The number of hydrogen-bond acceptors (Lipinski definition) is 4. The Labute approximate surface area is 163 Å². The maximum absolute atomic E-state index is 11.0. The molecule has 1 saturated heterocycles. The highest BCUT2D eigenvalue weighted by atomic mass is 35.5. The van der Waals surface area contributed by atoms with E-state index >= 15 is 0 Å². The van der Waals surface area contributed by atoms with Crippen LogP contribution in [0, 0.1) is 0 Å². The van der Waals surface area contributed by atoms with Gasteiger partial charge in [-0.1, -0.05) is 35.9 Å². The molecule has 0 aliphatic carbocycles. The van der Waals surface area contributed by atoms with Gasteiger partial charge >= 0.3 is 5.97 Å². The van der Waals surface area contributed by atoms with Gasteiger partial charge in [0.05, 0.1) is 6.42 Å². The Balaban J connectivity index is 1.74. The van der Waals surface area contributed by atoms with E-state index in [-0.39, 0.29) is 6.42 Å². The third-order valence-electron chi connectivity index (χ3n) is 4.29. The zero-order chi connectivity index (χ0) is 18.4. The molecule has 1 N–H and O–H groups in total. The molecule has 0 aromatic heterocycles. The third kappa shape index (κ3) is 5.66. The molecule has 1 fully saturated rings. The number of rotatable bonds is 7. The fourth-order valence-corrected chi connectivity index (χ4v) is 4.03. The van der Waals surface area contributed by atoms with Gasteiger partial charge in [-0.05, 0) is 29.3 Å². The number of carboxylic acids is 1. The number of hydrogen-bond donors (Lipinski definition) is 1. The molecule has 2 aromatic rings. The smallest absolute Gasteiger partial charge is 0.307 e. The Morgan fingerprint density at radius 2 is 1.81 bits per heavy atom. The van der Waals surface area contributed by atoms with Crippen molar-refractivity contribution >= 4 is 29.3 Å². The van der Waals surface area contributed by atoms with E-state index in [1.807, 2.05) is 54.2 Å². The topological polar surface area (TPSA) is 49.8 Å². The lowest BCUT2D eigenvalue weighted by molar-refractivity contribution is -0.136. The second-order valence-electron chi connectivity index (χ2n) is 6.32. The standard InChI is InChI=1S/C20H22ClNO3S/c21-18-4-1-15(2-5-18)14-25-19-6-3-16(12-20(23)24)11-17(19)13-22-7-9-26-10-8-22/h1-6,11H,7-10,12-14H2,(H,23,24).